The summed E-state index contributed by atoms with van der Waals surface area (Å²) >= 11 is 1.41. The number of furan rings is 1. The average Bonchev–Trinajstić information content (AvgIpc) is 3.43. The van der Waals surface area contributed by atoms with E-state index in [0.717, 1.165) is 0 Å². The topological polar surface area (TPSA) is 119 Å². The van der Waals surface area contributed by atoms with Crippen molar-refractivity contribution in [3.63, 3.8) is 0 Å². The van der Waals surface area contributed by atoms with Crippen molar-refractivity contribution in [1.82, 2.24) is 30.0 Å². The van der Waals surface area contributed by atoms with Crippen LogP contribution in [0.2, 0.25) is 0 Å². The lowest BCUT2D eigenvalue weighted by molar-refractivity contribution is 0.0921. The molecule has 0 aliphatic rings. The van der Waals surface area contributed by atoms with E-state index in [0.29, 0.717) is 34.3 Å². The Balaban J connectivity index is 1.53. The van der Waals surface area contributed by atoms with E-state index in [-0.39, 0.29) is 29.0 Å². The van der Waals surface area contributed by atoms with Crippen LogP contribution in [0.5, 0.6) is 0 Å². The number of fused-ring (bicyclic) bond motifs is 1. The minimum absolute atomic E-state index is 0.179. The molecule has 31 heavy (non-hydrogen) atoms. The van der Waals surface area contributed by atoms with Gasteiger partial charge in [-0.3, -0.25) is 9.59 Å². The molecule has 0 aliphatic heterocycles. The molecule has 3 heterocycles. The fourth-order valence-corrected chi connectivity index (χ4v) is 3.95. The first-order valence-electron chi connectivity index (χ1n) is 9.57. The summed E-state index contributed by atoms with van der Waals surface area (Å²) in [5.74, 6) is 1.02. The summed E-state index contributed by atoms with van der Waals surface area (Å²) in [6.07, 6.45) is 3.17. The first-order valence-corrected chi connectivity index (χ1v) is 10.4. The Morgan fingerprint density at radius 1 is 1.32 bits per heavy atom. The lowest BCUT2D eigenvalue weighted by Gasteiger charge is -2.12. The first kappa shape index (κ1) is 20.6. The molecule has 1 aromatic carbocycles. The van der Waals surface area contributed by atoms with Crippen LogP contribution in [0.1, 0.15) is 34.4 Å². The van der Waals surface area contributed by atoms with Gasteiger partial charge < -0.3 is 19.3 Å². The Hall–Kier alpha value is -3.66. The number of hydrogen-bond donors (Lipinski definition) is 2. The molecular weight excluding hydrogens is 416 g/mol. The maximum absolute atomic E-state index is 12.4. The van der Waals surface area contributed by atoms with Crippen molar-refractivity contribution in [2.45, 2.75) is 30.4 Å². The van der Waals surface area contributed by atoms with Gasteiger partial charge in [-0.1, -0.05) is 30.0 Å². The number of carbonyl (C=O) groups is 1. The van der Waals surface area contributed by atoms with Gasteiger partial charge in [0.05, 0.1) is 29.0 Å². The Kier molecular flexibility index (Phi) is 5.99. The Labute approximate surface area is 181 Å². The number of carbonyl (C=O) groups excluding carboxylic acids is 1. The molecule has 0 saturated heterocycles. The number of nitrogens with one attached hydrogen (secondary N) is 2. The van der Waals surface area contributed by atoms with Gasteiger partial charge in [0.15, 0.2) is 16.7 Å². The van der Waals surface area contributed by atoms with Gasteiger partial charge in [0.1, 0.15) is 5.82 Å². The predicted molar refractivity (Wildman–Crippen MR) is 117 cm³/mol. The van der Waals surface area contributed by atoms with E-state index < -0.39 is 0 Å². The van der Waals surface area contributed by atoms with E-state index in [1.807, 2.05) is 23.6 Å². The van der Waals surface area contributed by atoms with Crippen LogP contribution < -0.4 is 10.9 Å². The molecule has 1 amide bonds. The van der Waals surface area contributed by atoms with Gasteiger partial charge in [-0.25, -0.2) is 4.98 Å². The largest absolute Gasteiger partial charge is 0.459 e. The molecule has 0 spiro atoms. The van der Waals surface area contributed by atoms with E-state index in [9.17, 15) is 9.59 Å². The van der Waals surface area contributed by atoms with Crippen molar-refractivity contribution >= 4 is 28.6 Å². The zero-order chi connectivity index (χ0) is 21.8. The van der Waals surface area contributed by atoms with Crippen LogP contribution in [-0.2, 0) is 13.1 Å². The standard InChI is InChI=1S/C21H20N6O3S/c1-3-10-27-17(12-22-20(29)16-9-6-11-30-16)25-26-21(27)31-13(2)18-23-15-8-5-4-7-14(15)19(28)24-18/h3-9,11,13H,1,10,12H2,2H3,(H,22,29)(H,23,24,28)/t13-/m1/s1. The third-order valence-electron chi connectivity index (χ3n) is 4.56. The molecule has 0 aliphatic carbocycles. The van der Waals surface area contributed by atoms with Gasteiger partial charge in [0.2, 0.25) is 0 Å². The highest BCUT2D eigenvalue weighted by atomic mass is 32.2. The number of aromatic nitrogens is 5. The number of rotatable bonds is 8. The van der Waals surface area contributed by atoms with E-state index in [1.54, 1.807) is 30.3 Å². The normalized spacial score (nSPS) is 12.0. The van der Waals surface area contributed by atoms with Crippen molar-refractivity contribution < 1.29 is 9.21 Å². The number of aromatic amines is 1. The van der Waals surface area contributed by atoms with Crippen molar-refractivity contribution in [3.8, 4) is 0 Å². The van der Waals surface area contributed by atoms with Crippen LogP contribution in [-0.4, -0.2) is 30.6 Å². The molecule has 1 atom stereocenters. The maximum atomic E-state index is 12.4. The molecule has 0 saturated carbocycles. The molecule has 2 N–H and O–H groups in total. The number of allylic oxidation sites excluding steroid dienone is 1. The summed E-state index contributed by atoms with van der Waals surface area (Å²) in [6, 6.07) is 10.4. The number of H-pyrrole nitrogens is 1. The number of amides is 1. The molecular formula is C21H20N6O3S. The van der Waals surface area contributed by atoms with E-state index in [1.165, 1.54) is 18.0 Å². The van der Waals surface area contributed by atoms with Crippen LogP contribution in [0.3, 0.4) is 0 Å². The number of thioether (sulfide) groups is 1. The summed E-state index contributed by atoms with van der Waals surface area (Å²) in [5.41, 5.74) is 0.463. The van der Waals surface area contributed by atoms with Crippen molar-refractivity contribution in [2.75, 3.05) is 0 Å². The van der Waals surface area contributed by atoms with Crippen LogP contribution in [0.15, 0.2) is 69.7 Å². The quantitative estimate of drug-likeness (QED) is 0.322. The molecule has 4 rings (SSSR count). The van der Waals surface area contributed by atoms with Gasteiger partial charge in [-0.15, -0.1) is 16.8 Å². The van der Waals surface area contributed by atoms with Gasteiger partial charge in [0, 0.05) is 6.54 Å². The van der Waals surface area contributed by atoms with Crippen molar-refractivity contribution in [3.05, 3.63) is 83.1 Å². The Bertz CT molecular complexity index is 1280. The van der Waals surface area contributed by atoms with Crippen molar-refractivity contribution in [1.29, 1.82) is 0 Å². The zero-order valence-corrected chi connectivity index (χ0v) is 17.6. The first-order chi connectivity index (χ1) is 15.1. The van der Waals surface area contributed by atoms with E-state index >= 15 is 0 Å². The lowest BCUT2D eigenvalue weighted by Crippen LogP contribution is -2.24. The highest BCUT2D eigenvalue weighted by molar-refractivity contribution is 7.99. The molecule has 158 valence electrons. The minimum Gasteiger partial charge on any atom is -0.459 e. The van der Waals surface area contributed by atoms with Gasteiger partial charge in [-0.05, 0) is 31.2 Å². The smallest absolute Gasteiger partial charge is 0.287 e. The molecule has 10 heteroatoms. The second-order valence-electron chi connectivity index (χ2n) is 6.69. The van der Waals surface area contributed by atoms with Crippen LogP contribution in [0, 0.1) is 0 Å². The summed E-state index contributed by atoms with van der Waals surface area (Å²) < 4.78 is 6.95. The monoisotopic (exact) mass is 436 g/mol. The Morgan fingerprint density at radius 2 is 2.16 bits per heavy atom. The SMILES string of the molecule is C=CCn1c(CNC(=O)c2ccco2)nnc1S[C@H](C)c1nc2ccccc2c(=O)[nH]1. The van der Waals surface area contributed by atoms with Gasteiger partial charge in [0.25, 0.3) is 11.5 Å². The highest BCUT2D eigenvalue weighted by Gasteiger charge is 2.19. The molecule has 0 radical (unpaired) electrons. The summed E-state index contributed by atoms with van der Waals surface area (Å²) in [5, 5.41) is 12.2. The number of benzene rings is 1. The maximum Gasteiger partial charge on any atom is 0.287 e. The van der Waals surface area contributed by atoms with Gasteiger partial charge in [-0.2, -0.15) is 0 Å². The minimum atomic E-state index is -0.335. The fourth-order valence-electron chi connectivity index (χ4n) is 3.01. The highest BCUT2D eigenvalue weighted by Crippen LogP contribution is 2.32. The molecule has 4 aromatic rings. The number of para-hydroxylation sites is 1. The van der Waals surface area contributed by atoms with Crippen LogP contribution in [0.25, 0.3) is 10.9 Å². The predicted octanol–water partition coefficient (Wildman–Crippen LogP) is 3.08. The number of nitrogens with zero attached hydrogens (tertiary/aromatic N) is 4. The van der Waals surface area contributed by atoms with E-state index in [4.69, 9.17) is 4.42 Å². The average molecular weight is 436 g/mol. The fraction of sp³-hybridized carbons (Fsp3) is 0.190. The lowest BCUT2D eigenvalue weighted by atomic mass is 10.2. The molecule has 9 nitrogen and oxygen atoms in total. The third-order valence-corrected chi connectivity index (χ3v) is 5.65. The second-order valence-corrected chi connectivity index (χ2v) is 7.99. The Morgan fingerprint density at radius 3 is 2.94 bits per heavy atom. The van der Waals surface area contributed by atoms with Crippen LogP contribution >= 0.6 is 11.8 Å². The summed E-state index contributed by atoms with van der Waals surface area (Å²) in [6.45, 7) is 6.37. The summed E-state index contributed by atoms with van der Waals surface area (Å²) in [4.78, 5) is 31.9. The summed E-state index contributed by atoms with van der Waals surface area (Å²) in [7, 11) is 0. The third kappa shape index (κ3) is 4.43. The second kappa shape index (κ2) is 9.00. The van der Waals surface area contributed by atoms with Gasteiger partial charge >= 0.3 is 0 Å². The molecule has 0 unspecified atom stereocenters. The molecule has 0 fully saturated rings. The number of hydrogen-bond acceptors (Lipinski definition) is 7. The zero-order valence-electron chi connectivity index (χ0n) is 16.7. The molecule has 0 bridgehead atoms. The van der Waals surface area contributed by atoms with E-state index in [2.05, 4.69) is 32.1 Å². The van der Waals surface area contributed by atoms with Crippen LogP contribution in [0.4, 0.5) is 0 Å². The van der Waals surface area contributed by atoms with Crippen molar-refractivity contribution in [2.24, 2.45) is 0 Å². The molecule has 3 aromatic heterocycles.